The lowest BCUT2D eigenvalue weighted by atomic mass is 10.2. The molecule has 1 saturated heterocycles. The topological polar surface area (TPSA) is 88.1 Å². The van der Waals surface area contributed by atoms with E-state index in [0.29, 0.717) is 28.3 Å². The minimum Gasteiger partial charge on any atom is -0.437 e. The summed E-state index contributed by atoms with van der Waals surface area (Å²) >= 11 is 6.23. The molecule has 3 aromatic heterocycles. The Hall–Kier alpha value is -3.49. The SMILES string of the molecule is Clc1ccccc1Oc1cc2cnncc2c(Nc2ccc(N3CCNCC3)cn2)n1. The van der Waals surface area contributed by atoms with Crippen LogP contribution in [-0.2, 0) is 0 Å². The van der Waals surface area contributed by atoms with Crippen LogP contribution >= 0.6 is 11.6 Å². The van der Waals surface area contributed by atoms with E-state index in [2.05, 4.69) is 41.8 Å². The fraction of sp³-hybridized carbons (Fsp3) is 0.182. The van der Waals surface area contributed by atoms with Crippen LogP contribution in [0.5, 0.6) is 11.6 Å². The number of fused-ring (bicyclic) bond motifs is 1. The molecule has 0 bridgehead atoms. The number of nitrogens with zero attached hydrogens (tertiary/aromatic N) is 5. The highest BCUT2D eigenvalue weighted by atomic mass is 35.5. The first kappa shape index (κ1) is 19.5. The van der Waals surface area contributed by atoms with Crippen molar-refractivity contribution in [1.82, 2.24) is 25.5 Å². The normalized spacial score (nSPS) is 13.9. The van der Waals surface area contributed by atoms with Gasteiger partial charge >= 0.3 is 0 Å². The molecule has 2 N–H and O–H groups in total. The van der Waals surface area contributed by atoms with E-state index in [9.17, 15) is 0 Å². The number of nitrogens with one attached hydrogen (secondary N) is 2. The summed E-state index contributed by atoms with van der Waals surface area (Å²) in [7, 11) is 0. The number of aromatic nitrogens is 4. The van der Waals surface area contributed by atoms with Crippen molar-refractivity contribution in [1.29, 1.82) is 0 Å². The average Bonchev–Trinajstić information content (AvgIpc) is 2.82. The lowest BCUT2D eigenvalue weighted by Crippen LogP contribution is -2.43. The smallest absolute Gasteiger partial charge is 0.221 e. The molecular weight excluding hydrogens is 414 g/mol. The lowest BCUT2D eigenvalue weighted by molar-refractivity contribution is 0.465. The third kappa shape index (κ3) is 4.35. The molecule has 156 valence electrons. The van der Waals surface area contributed by atoms with E-state index in [0.717, 1.165) is 42.6 Å². The first-order valence-electron chi connectivity index (χ1n) is 9.99. The van der Waals surface area contributed by atoms with Crippen LogP contribution < -0.4 is 20.3 Å². The molecule has 0 saturated carbocycles. The zero-order chi connectivity index (χ0) is 21.0. The molecule has 31 heavy (non-hydrogen) atoms. The number of hydrogen-bond acceptors (Lipinski definition) is 8. The predicted octanol–water partition coefficient (Wildman–Crippen LogP) is 4.02. The molecule has 0 atom stereocenters. The Morgan fingerprint density at radius 1 is 1.00 bits per heavy atom. The number of anilines is 3. The molecule has 0 aliphatic carbocycles. The Morgan fingerprint density at radius 3 is 2.65 bits per heavy atom. The number of hydrogen-bond donors (Lipinski definition) is 2. The van der Waals surface area contributed by atoms with E-state index in [1.807, 2.05) is 24.4 Å². The largest absolute Gasteiger partial charge is 0.437 e. The van der Waals surface area contributed by atoms with Crippen molar-refractivity contribution in [2.24, 2.45) is 0 Å². The van der Waals surface area contributed by atoms with Crippen LogP contribution in [0.2, 0.25) is 5.02 Å². The van der Waals surface area contributed by atoms with Crippen molar-refractivity contribution in [3.05, 3.63) is 66.1 Å². The second kappa shape index (κ2) is 8.71. The summed E-state index contributed by atoms with van der Waals surface area (Å²) < 4.78 is 5.93. The molecule has 4 heterocycles. The highest BCUT2D eigenvalue weighted by Gasteiger charge is 2.13. The van der Waals surface area contributed by atoms with Crippen LogP contribution in [0.25, 0.3) is 10.8 Å². The van der Waals surface area contributed by atoms with Gasteiger partial charge < -0.3 is 20.3 Å². The molecule has 0 radical (unpaired) electrons. The van der Waals surface area contributed by atoms with E-state index in [-0.39, 0.29) is 0 Å². The van der Waals surface area contributed by atoms with E-state index in [1.54, 1.807) is 30.6 Å². The van der Waals surface area contributed by atoms with Crippen molar-refractivity contribution in [3.8, 4) is 11.6 Å². The van der Waals surface area contributed by atoms with Crippen molar-refractivity contribution < 1.29 is 4.74 Å². The first-order valence-corrected chi connectivity index (χ1v) is 10.4. The minimum absolute atomic E-state index is 0.397. The zero-order valence-corrected chi connectivity index (χ0v) is 17.4. The lowest BCUT2D eigenvalue weighted by Gasteiger charge is -2.29. The number of benzene rings is 1. The Labute approximate surface area is 184 Å². The van der Waals surface area contributed by atoms with Crippen LogP contribution in [0.3, 0.4) is 0 Å². The standard InChI is InChI=1S/C22H20ClN7O/c23-18-3-1-2-4-19(18)31-21-11-15-12-26-27-14-17(15)22(29-21)28-20-6-5-16(13-25-20)30-9-7-24-8-10-30/h1-6,11-14,24H,7-10H2,(H,25,28,29). The quantitative estimate of drug-likeness (QED) is 0.488. The van der Waals surface area contributed by atoms with Gasteiger partial charge in [-0.05, 0) is 24.3 Å². The summed E-state index contributed by atoms with van der Waals surface area (Å²) in [5.41, 5.74) is 1.10. The van der Waals surface area contributed by atoms with Gasteiger partial charge in [0.15, 0.2) is 0 Å². The zero-order valence-electron chi connectivity index (χ0n) is 16.6. The fourth-order valence-electron chi connectivity index (χ4n) is 3.46. The van der Waals surface area contributed by atoms with Crippen molar-refractivity contribution in [3.63, 3.8) is 0 Å². The fourth-order valence-corrected chi connectivity index (χ4v) is 3.63. The molecule has 0 amide bonds. The Bertz CT molecular complexity index is 1200. The predicted molar refractivity (Wildman–Crippen MR) is 121 cm³/mol. The molecule has 1 fully saturated rings. The van der Waals surface area contributed by atoms with Gasteiger partial charge in [0.2, 0.25) is 5.88 Å². The Kier molecular flexibility index (Phi) is 5.47. The number of piperazine rings is 1. The first-order chi connectivity index (χ1) is 15.3. The Balaban J connectivity index is 1.44. The summed E-state index contributed by atoms with van der Waals surface area (Å²) in [6.45, 7) is 3.91. The summed E-state index contributed by atoms with van der Waals surface area (Å²) in [5, 5.41) is 16.8. The highest BCUT2D eigenvalue weighted by Crippen LogP contribution is 2.32. The van der Waals surface area contributed by atoms with Gasteiger partial charge in [-0.15, -0.1) is 0 Å². The van der Waals surface area contributed by atoms with Gasteiger partial charge in [0.25, 0.3) is 0 Å². The number of para-hydroxylation sites is 1. The molecule has 1 aromatic carbocycles. The van der Waals surface area contributed by atoms with Gasteiger partial charge in [-0.2, -0.15) is 15.2 Å². The molecular formula is C22H20ClN7O. The second-order valence-corrected chi connectivity index (χ2v) is 7.50. The molecule has 1 aliphatic heterocycles. The van der Waals surface area contributed by atoms with Crippen molar-refractivity contribution in [2.45, 2.75) is 0 Å². The summed E-state index contributed by atoms with van der Waals surface area (Å²) in [5.74, 6) is 2.19. The highest BCUT2D eigenvalue weighted by molar-refractivity contribution is 6.32. The van der Waals surface area contributed by atoms with E-state index in [4.69, 9.17) is 16.3 Å². The molecule has 9 heteroatoms. The average molecular weight is 434 g/mol. The third-order valence-electron chi connectivity index (χ3n) is 5.05. The van der Waals surface area contributed by atoms with Crippen molar-refractivity contribution >= 4 is 39.7 Å². The van der Waals surface area contributed by atoms with E-state index >= 15 is 0 Å². The molecule has 0 spiro atoms. The van der Waals surface area contributed by atoms with E-state index in [1.165, 1.54) is 0 Å². The Morgan fingerprint density at radius 2 is 1.84 bits per heavy atom. The van der Waals surface area contributed by atoms with E-state index < -0.39 is 0 Å². The van der Waals surface area contributed by atoms with Gasteiger partial charge in [-0.25, -0.2) is 4.98 Å². The monoisotopic (exact) mass is 433 g/mol. The van der Waals surface area contributed by atoms with Crippen LogP contribution in [0.15, 0.2) is 61.1 Å². The van der Waals surface area contributed by atoms with Crippen LogP contribution in [-0.4, -0.2) is 46.3 Å². The maximum Gasteiger partial charge on any atom is 0.221 e. The number of ether oxygens (including phenoxy) is 1. The molecule has 5 rings (SSSR count). The van der Waals surface area contributed by atoms with Crippen LogP contribution in [0, 0.1) is 0 Å². The maximum atomic E-state index is 6.23. The summed E-state index contributed by atoms with van der Waals surface area (Å²) in [6, 6.07) is 13.1. The van der Waals surface area contributed by atoms with Gasteiger partial charge in [0.1, 0.15) is 17.4 Å². The van der Waals surface area contributed by atoms with Crippen LogP contribution in [0.1, 0.15) is 0 Å². The molecule has 8 nitrogen and oxygen atoms in total. The van der Waals surface area contributed by atoms with Gasteiger partial charge in [-0.3, -0.25) is 0 Å². The van der Waals surface area contributed by atoms with Crippen LogP contribution in [0.4, 0.5) is 17.3 Å². The molecule has 1 aliphatic rings. The molecule has 0 unspecified atom stereocenters. The minimum atomic E-state index is 0.397. The van der Waals surface area contributed by atoms with Gasteiger partial charge in [-0.1, -0.05) is 23.7 Å². The second-order valence-electron chi connectivity index (χ2n) is 7.10. The summed E-state index contributed by atoms with van der Waals surface area (Å²) in [4.78, 5) is 11.5. The van der Waals surface area contributed by atoms with Gasteiger partial charge in [0, 0.05) is 43.0 Å². The van der Waals surface area contributed by atoms with Gasteiger partial charge in [0.05, 0.1) is 29.3 Å². The maximum absolute atomic E-state index is 6.23. The van der Waals surface area contributed by atoms with Crippen molar-refractivity contribution in [2.75, 3.05) is 36.4 Å². The summed E-state index contributed by atoms with van der Waals surface area (Å²) in [6.07, 6.45) is 5.21. The number of halogens is 1. The number of pyridine rings is 2. The number of rotatable bonds is 5. The third-order valence-corrected chi connectivity index (χ3v) is 5.36. The molecule has 4 aromatic rings.